The second kappa shape index (κ2) is 15.1. The highest BCUT2D eigenvalue weighted by atomic mass is 14.1. The van der Waals surface area contributed by atoms with Crippen LogP contribution in [0.2, 0.25) is 0 Å². The first kappa shape index (κ1) is 18.0. The molecule has 0 rings (SSSR count). The smallest absolute Gasteiger partial charge is 0.0443 e. The summed E-state index contributed by atoms with van der Waals surface area (Å²) in [5.74, 6) is 0.949. The van der Waals surface area contributed by atoms with Crippen molar-refractivity contribution >= 4 is 0 Å². The molecule has 0 N–H and O–H groups in total. The third kappa shape index (κ3) is 14.1. The molecule has 2 radical (unpaired) electrons. The summed E-state index contributed by atoms with van der Waals surface area (Å²) in [7, 11) is 0. The lowest BCUT2D eigenvalue weighted by molar-refractivity contribution is 0.433. The molecule has 1 atom stereocenters. The topological polar surface area (TPSA) is 0 Å². The van der Waals surface area contributed by atoms with Crippen molar-refractivity contribution in [2.24, 2.45) is 5.92 Å². The van der Waals surface area contributed by atoms with Gasteiger partial charge in [0.25, 0.3) is 0 Å². The molecule has 1 unspecified atom stereocenters. The Bertz CT molecular complexity index is 139. The molecule has 0 amide bonds. The number of hydrogen-bond donors (Lipinski definition) is 0. The van der Waals surface area contributed by atoms with E-state index in [1.807, 2.05) is 0 Å². The lowest BCUT2D eigenvalue weighted by Crippen LogP contribution is -1.95. The van der Waals surface area contributed by atoms with Gasteiger partial charge in [-0.3, -0.25) is 0 Å². The van der Waals surface area contributed by atoms with Crippen LogP contribution < -0.4 is 0 Å². The first-order valence-corrected chi connectivity index (χ1v) is 8.39. The Kier molecular flexibility index (Phi) is 15.1. The van der Waals surface area contributed by atoms with Crippen molar-refractivity contribution in [3.05, 3.63) is 13.8 Å². The highest BCUT2D eigenvalue weighted by Gasteiger charge is 2.01. The summed E-state index contributed by atoms with van der Waals surface area (Å²) in [5, 5.41) is 0. The zero-order chi connectivity index (χ0) is 13.5. The minimum atomic E-state index is 0.949. The van der Waals surface area contributed by atoms with Gasteiger partial charge in [-0.05, 0) is 5.92 Å². The predicted octanol–water partition coefficient (Wildman–Crippen LogP) is 6.75. The lowest BCUT2D eigenvalue weighted by atomic mass is 9.96. The molecular weight excluding hydrogens is 216 g/mol. The molecule has 0 saturated heterocycles. The molecule has 0 heterocycles. The second-order valence-corrected chi connectivity index (χ2v) is 5.93. The van der Waals surface area contributed by atoms with Gasteiger partial charge in [0.15, 0.2) is 0 Å². The average molecular weight is 252 g/mol. The van der Waals surface area contributed by atoms with Crippen LogP contribution in [-0.2, 0) is 0 Å². The number of unbranched alkanes of at least 4 members (excludes halogenated alkanes) is 10. The van der Waals surface area contributed by atoms with Crippen LogP contribution in [-0.4, -0.2) is 0 Å². The van der Waals surface area contributed by atoms with E-state index in [1.54, 1.807) is 0 Å². The van der Waals surface area contributed by atoms with Crippen LogP contribution in [0.5, 0.6) is 0 Å². The molecule has 0 bridgehead atoms. The highest BCUT2D eigenvalue weighted by Crippen LogP contribution is 2.18. The third-order valence-corrected chi connectivity index (χ3v) is 3.89. The maximum absolute atomic E-state index is 3.89. The average Bonchev–Trinajstić information content (AvgIpc) is 2.37. The molecule has 0 heteroatoms. The monoisotopic (exact) mass is 252 g/mol. The van der Waals surface area contributed by atoms with E-state index in [4.69, 9.17) is 0 Å². The summed E-state index contributed by atoms with van der Waals surface area (Å²) in [6, 6.07) is 0. The first-order valence-electron chi connectivity index (χ1n) is 8.39. The van der Waals surface area contributed by atoms with Crippen LogP contribution in [0.4, 0.5) is 0 Å². The van der Waals surface area contributed by atoms with Crippen molar-refractivity contribution in [3.63, 3.8) is 0 Å². The molecule has 0 spiro atoms. The van der Waals surface area contributed by atoms with Gasteiger partial charge >= 0.3 is 0 Å². The van der Waals surface area contributed by atoms with Gasteiger partial charge < -0.3 is 0 Å². The molecule has 0 aromatic carbocycles. The molecule has 0 fully saturated rings. The Balaban J connectivity index is 3.09. The molecule has 0 aliphatic carbocycles. The summed E-state index contributed by atoms with van der Waals surface area (Å²) in [4.78, 5) is 0. The van der Waals surface area contributed by atoms with Crippen molar-refractivity contribution < 1.29 is 0 Å². The lowest BCUT2D eigenvalue weighted by Gasteiger charge is -2.10. The Morgan fingerprint density at radius 3 is 1.28 bits per heavy atom. The number of hydrogen-bond acceptors (Lipinski definition) is 0. The maximum Gasteiger partial charge on any atom is -0.0443 e. The largest absolute Gasteiger partial charge is 0.0625 e. The van der Waals surface area contributed by atoms with Crippen LogP contribution >= 0.6 is 0 Å². The van der Waals surface area contributed by atoms with Gasteiger partial charge in [0.1, 0.15) is 0 Å². The van der Waals surface area contributed by atoms with Gasteiger partial charge in [-0.1, -0.05) is 111 Å². The minimum absolute atomic E-state index is 0.949. The van der Waals surface area contributed by atoms with E-state index in [2.05, 4.69) is 20.8 Å². The Morgan fingerprint density at radius 2 is 0.889 bits per heavy atom. The Hall–Kier alpha value is 0. The van der Waals surface area contributed by atoms with Gasteiger partial charge in [-0.15, -0.1) is 0 Å². The van der Waals surface area contributed by atoms with Crippen molar-refractivity contribution in [1.82, 2.24) is 0 Å². The fourth-order valence-corrected chi connectivity index (χ4v) is 2.54. The molecule has 0 aromatic rings. The quantitative estimate of drug-likeness (QED) is 0.300. The van der Waals surface area contributed by atoms with Crippen LogP contribution in [0.25, 0.3) is 0 Å². The van der Waals surface area contributed by atoms with Crippen LogP contribution in [0.1, 0.15) is 96.8 Å². The van der Waals surface area contributed by atoms with E-state index in [0.717, 1.165) is 18.8 Å². The SMILES string of the molecule is [CH2]CCCCCCCCC(C)CCCCCC[CH2]. The molecule has 18 heavy (non-hydrogen) atoms. The zero-order valence-electron chi connectivity index (χ0n) is 12.9. The molecule has 108 valence electrons. The summed E-state index contributed by atoms with van der Waals surface area (Å²) in [5.41, 5.74) is 0. The molecule has 0 aromatic heterocycles. The first-order chi connectivity index (χ1) is 8.81. The van der Waals surface area contributed by atoms with Crippen molar-refractivity contribution in [2.75, 3.05) is 0 Å². The third-order valence-electron chi connectivity index (χ3n) is 3.89. The predicted molar refractivity (Wildman–Crippen MR) is 84.5 cm³/mol. The van der Waals surface area contributed by atoms with Crippen LogP contribution in [0, 0.1) is 19.8 Å². The fraction of sp³-hybridized carbons (Fsp3) is 0.889. The Labute approximate surface area is 117 Å². The van der Waals surface area contributed by atoms with Gasteiger partial charge in [-0.2, -0.15) is 0 Å². The molecule has 0 nitrogen and oxygen atoms in total. The molecule has 0 aliphatic heterocycles. The second-order valence-electron chi connectivity index (χ2n) is 5.93. The zero-order valence-corrected chi connectivity index (χ0v) is 12.9. The normalized spacial score (nSPS) is 12.8. The highest BCUT2D eigenvalue weighted by molar-refractivity contribution is 4.56. The van der Waals surface area contributed by atoms with Crippen molar-refractivity contribution in [3.8, 4) is 0 Å². The van der Waals surface area contributed by atoms with Gasteiger partial charge in [0.2, 0.25) is 0 Å². The standard InChI is InChI=1S/C18H36/c1-4-6-8-10-11-13-15-17-18(3)16-14-12-9-7-5-2/h18H,1-2,4-17H2,3H3. The van der Waals surface area contributed by atoms with E-state index < -0.39 is 0 Å². The van der Waals surface area contributed by atoms with Gasteiger partial charge in [0.05, 0.1) is 0 Å². The van der Waals surface area contributed by atoms with E-state index >= 15 is 0 Å². The molecule has 0 aliphatic rings. The van der Waals surface area contributed by atoms with Crippen LogP contribution in [0.3, 0.4) is 0 Å². The van der Waals surface area contributed by atoms with E-state index in [0.29, 0.717) is 0 Å². The minimum Gasteiger partial charge on any atom is -0.0625 e. The maximum atomic E-state index is 3.89. The summed E-state index contributed by atoms with van der Waals surface area (Å²) in [6.45, 7) is 10.2. The van der Waals surface area contributed by atoms with Crippen molar-refractivity contribution in [2.45, 2.75) is 96.8 Å². The van der Waals surface area contributed by atoms with Crippen molar-refractivity contribution in [1.29, 1.82) is 0 Å². The van der Waals surface area contributed by atoms with Gasteiger partial charge in [0, 0.05) is 0 Å². The Morgan fingerprint density at radius 1 is 0.556 bits per heavy atom. The summed E-state index contributed by atoms with van der Waals surface area (Å²) < 4.78 is 0. The fourth-order valence-electron chi connectivity index (χ4n) is 2.54. The van der Waals surface area contributed by atoms with E-state index in [1.165, 1.54) is 77.0 Å². The van der Waals surface area contributed by atoms with Gasteiger partial charge in [-0.25, -0.2) is 0 Å². The molecular formula is C18H36. The van der Waals surface area contributed by atoms with E-state index in [9.17, 15) is 0 Å². The summed E-state index contributed by atoms with van der Waals surface area (Å²) >= 11 is 0. The number of rotatable bonds is 14. The van der Waals surface area contributed by atoms with E-state index in [-0.39, 0.29) is 0 Å². The summed E-state index contributed by atoms with van der Waals surface area (Å²) in [6.07, 6.45) is 19.2. The molecule has 0 saturated carbocycles. The van der Waals surface area contributed by atoms with Crippen LogP contribution in [0.15, 0.2) is 0 Å².